The number of benzene rings is 2. The Morgan fingerprint density at radius 2 is 1.62 bits per heavy atom. The summed E-state index contributed by atoms with van der Waals surface area (Å²) < 4.78 is 4.71. The van der Waals surface area contributed by atoms with E-state index in [0.29, 0.717) is 19.3 Å². The fourth-order valence-electron chi connectivity index (χ4n) is 5.04. The first-order valence-electron chi connectivity index (χ1n) is 17.1. The predicted octanol–water partition coefficient (Wildman–Crippen LogP) is 4.30. The van der Waals surface area contributed by atoms with Crippen molar-refractivity contribution in [3.8, 4) is 0 Å². The van der Waals surface area contributed by atoms with Gasteiger partial charge in [0.05, 0.1) is 13.7 Å². The van der Waals surface area contributed by atoms with E-state index in [4.69, 9.17) is 4.74 Å². The molecule has 1 heterocycles. The van der Waals surface area contributed by atoms with Gasteiger partial charge in [-0.05, 0) is 55.7 Å². The third-order valence-corrected chi connectivity index (χ3v) is 8.02. The number of hydrogen-bond donors (Lipinski definition) is 6. The third kappa shape index (κ3) is 15.0. The van der Waals surface area contributed by atoms with E-state index in [1.165, 1.54) is 18.7 Å². The molecule has 0 fully saturated rings. The van der Waals surface area contributed by atoms with Crippen molar-refractivity contribution in [2.45, 2.75) is 71.9 Å². The third-order valence-electron chi connectivity index (χ3n) is 8.02. The zero-order chi connectivity index (χ0) is 36.9. The average Bonchev–Trinajstić information content (AvgIpc) is 3.53. The van der Waals surface area contributed by atoms with Crippen LogP contribution in [0.3, 0.4) is 0 Å². The lowest BCUT2D eigenvalue weighted by molar-refractivity contribution is -0.144. The van der Waals surface area contributed by atoms with Crippen LogP contribution in [0.5, 0.6) is 0 Å². The number of H-pyrrole nitrogens is 1. The summed E-state index contributed by atoms with van der Waals surface area (Å²) in [5.74, 6) is -2.06. The van der Waals surface area contributed by atoms with Crippen LogP contribution in [0, 0.1) is 18.8 Å². The Morgan fingerprint density at radius 3 is 2.24 bits per heavy atom. The number of esters is 1. The number of aromatic amines is 1. The van der Waals surface area contributed by atoms with E-state index in [1.807, 2.05) is 49.5 Å². The van der Waals surface area contributed by atoms with Crippen LogP contribution in [0.4, 0.5) is 4.79 Å². The van der Waals surface area contributed by atoms with Gasteiger partial charge in [-0.2, -0.15) is 0 Å². The van der Waals surface area contributed by atoms with Gasteiger partial charge in [-0.25, -0.2) is 9.59 Å². The number of hydrogen-bond acceptors (Lipinski definition) is 6. The SMILES string of the molecule is CCCC[C@H](NC(=O)CNC(=O)NC(C(=O)OC)C(C)C)C(=O)NC[C@H](/C=C/C(=O)NC)CCc1c[nH]c2ccccc12.Cc1ccccc1. The number of carbonyl (C=O) groups is 5. The molecule has 12 nitrogen and oxygen atoms in total. The van der Waals surface area contributed by atoms with Crippen molar-refractivity contribution in [1.29, 1.82) is 0 Å². The number of fused-ring (bicyclic) bond motifs is 1. The van der Waals surface area contributed by atoms with E-state index in [2.05, 4.69) is 56.7 Å². The van der Waals surface area contributed by atoms with Gasteiger partial charge in [-0.3, -0.25) is 14.4 Å². The second-order valence-electron chi connectivity index (χ2n) is 12.4. The summed E-state index contributed by atoms with van der Waals surface area (Å²) in [6, 6.07) is 15.9. The molecule has 0 saturated heterocycles. The number of aryl methyl sites for hydroxylation is 2. The van der Waals surface area contributed by atoms with Gasteiger partial charge in [0.1, 0.15) is 12.1 Å². The molecule has 6 N–H and O–H groups in total. The highest BCUT2D eigenvalue weighted by molar-refractivity contribution is 5.91. The molecule has 3 rings (SSSR count). The number of methoxy groups -OCH3 is 1. The minimum atomic E-state index is -0.863. The van der Waals surface area contributed by atoms with Crippen molar-refractivity contribution in [2.24, 2.45) is 11.8 Å². The van der Waals surface area contributed by atoms with E-state index < -0.39 is 30.0 Å². The molecule has 0 bridgehead atoms. The smallest absolute Gasteiger partial charge is 0.328 e. The number of unbranched alkanes of at least 4 members (excludes halogenated alkanes) is 1. The van der Waals surface area contributed by atoms with Crippen LogP contribution >= 0.6 is 0 Å². The maximum Gasteiger partial charge on any atom is 0.328 e. The average molecular weight is 691 g/mol. The Kier molecular flexibility index (Phi) is 18.5. The van der Waals surface area contributed by atoms with Crippen molar-refractivity contribution in [3.63, 3.8) is 0 Å². The Labute approximate surface area is 295 Å². The zero-order valence-electron chi connectivity index (χ0n) is 30.1. The minimum absolute atomic E-state index is 0.133. The first kappa shape index (κ1) is 41.0. The summed E-state index contributed by atoms with van der Waals surface area (Å²) in [6.07, 6.45) is 8.61. The second kappa shape index (κ2) is 22.5. The standard InChI is InChI=1S/C31H46N6O6.C7H8/c1-6-7-11-25(36-27(39)19-35-31(42)37-28(20(2)3)30(41)43-5)29(40)34-17-21(14-16-26(38)32-4)13-15-22-18-33-24-12-9-8-10-23(22)24;1-7-5-3-2-4-6-7/h8-10,12,14,16,18,20-21,25,28,33H,6-7,11,13,15,17,19H2,1-5H3,(H,32,38)(H,34,40)(H,36,39)(H2,35,37,42);2-6H,1H3/b16-14+;/t21-,25-,28?;/m0./s1. The topological polar surface area (TPSA) is 171 Å². The lowest BCUT2D eigenvalue weighted by Gasteiger charge is -2.21. The molecule has 0 aliphatic rings. The van der Waals surface area contributed by atoms with Gasteiger partial charge in [0.25, 0.3) is 0 Å². The summed E-state index contributed by atoms with van der Waals surface area (Å²) in [5.41, 5.74) is 3.52. The van der Waals surface area contributed by atoms with Crippen LogP contribution in [-0.2, 0) is 30.3 Å². The van der Waals surface area contributed by atoms with Crippen LogP contribution in [0.15, 0.2) is 72.9 Å². The summed E-state index contributed by atoms with van der Waals surface area (Å²) in [7, 11) is 2.78. The first-order valence-corrected chi connectivity index (χ1v) is 17.1. The highest BCUT2D eigenvalue weighted by Crippen LogP contribution is 2.21. The van der Waals surface area contributed by atoms with Crippen molar-refractivity contribution < 1.29 is 28.7 Å². The zero-order valence-corrected chi connectivity index (χ0v) is 30.1. The predicted molar refractivity (Wildman–Crippen MR) is 196 cm³/mol. The van der Waals surface area contributed by atoms with Crippen molar-refractivity contribution in [2.75, 3.05) is 27.2 Å². The van der Waals surface area contributed by atoms with Crippen molar-refractivity contribution in [3.05, 3.63) is 84.1 Å². The van der Waals surface area contributed by atoms with Crippen LogP contribution in [0.1, 0.15) is 57.6 Å². The number of aromatic nitrogens is 1. The van der Waals surface area contributed by atoms with Gasteiger partial charge in [-0.1, -0.05) is 93.8 Å². The molecule has 0 aliphatic carbocycles. The van der Waals surface area contributed by atoms with E-state index >= 15 is 0 Å². The Bertz CT molecular complexity index is 1540. The number of amides is 5. The highest BCUT2D eigenvalue weighted by atomic mass is 16.5. The second-order valence-corrected chi connectivity index (χ2v) is 12.4. The lowest BCUT2D eigenvalue weighted by atomic mass is 9.98. The lowest BCUT2D eigenvalue weighted by Crippen LogP contribution is -2.53. The van der Waals surface area contributed by atoms with Gasteiger partial charge in [0.15, 0.2) is 0 Å². The van der Waals surface area contributed by atoms with Crippen LogP contribution < -0.4 is 26.6 Å². The molecular weight excluding hydrogens is 636 g/mol. The summed E-state index contributed by atoms with van der Waals surface area (Å²) in [4.78, 5) is 65.1. The molecule has 272 valence electrons. The van der Waals surface area contributed by atoms with Gasteiger partial charge in [0, 0.05) is 30.7 Å². The number of rotatable bonds is 17. The van der Waals surface area contributed by atoms with Crippen LogP contribution in [0.25, 0.3) is 10.9 Å². The number of ether oxygens (including phenoxy) is 1. The number of nitrogens with one attached hydrogen (secondary N) is 6. The largest absolute Gasteiger partial charge is 0.467 e. The van der Waals surface area contributed by atoms with Crippen LogP contribution in [-0.4, -0.2) is 74.0 Å². The molecule has 5 amide bonds. The van der Waals surface area contributed by atoms with Crippen molar-refractivity contribution in [1.82, 2.24) is 31.6 Å². The van der Waals surface area contributed by atoms with E-state index in [-0.39, 0.29) is 36.7 Å². The Morgan fingerprint density at radius 1 is 0.920 bits per heavy atom. The fraction of sp³-hybridized carbons (Fsp3) is 0.447. The number of para-hydroxylation sites is 1. The molecule has 0 saturated carbocycles. The maximum absolute atomic E-state index is 13.2. The molecule has 0 aliphatic heterocycles. The highest BCUT2D eigenvalue weighted by Gasteiger charge is 2.26. The fourth-order valence-corrected chi connectivity index (χ4v) is 5.04. The van der Waals surface area contributed by atoms with E-state index in [9.17, 15) is 24.0 Å². The van der Waals surface area contributed by atoms with Crippen molar-refractivity contribution >= 4 is 40.6 Å². The van der Waals surface area contributed by atoms with Gasteiger partial charge >= 0.3 is 12.0 Å². The first-order chi connectivity index (χ1) is 24.0. The van der Waals surface area contributed by atoms with Gasteiger partial charge < -0.3 is 36.3 Å². The number of likely N-dealkylation sites (N-methyl/N-ethyl adjacent to an activating group) is 1. The van der Waals surface area contributed by atoms with Gasteiger partial charge in [-0.15, -0.1) is 0 Å². The molecule has 50 heavy (non-hydrogen) atoms. The Hall–Kier alpha value is -5.13. The van der Waals surface area contributed by atoms with Gasteiger partial charge in [0.2, 0.25) is 17.7 Å². The monoisotopic (exact) mass is 690 g/mol. The molecule has 3 atom stereocenters. The molecule has 1 aromatic heterocycles. The Balaban J connectivity index is 0.00000110. The molecule has 12 heteroatoms. The normalized spacial score (nSPS) is 12.6. The maximum atomic E-state index is 13.2. The molecule has 1 unspecified atom stereocenters. The molecule has 2 aromatic carbocycles. The quantitative estimate of drug-likeness (QED) is 0.0911. The van der Waals surface area contributed by atoms with E-state index in [0.717, 1.165) is 29.3 Å². The molecule has 0 spiro atoms. The molecule has 0 radical (unpaired) electrons. The summed E-state index contributed by atoms with van der Waals surface area (Å²) in [5, 5.41) is 14.3. The summed E-state index contributed by atoms with van der Waals surface area (Å²) in [6.45, 7) is 7.48. The minimum Gasteiger partial charge on any atom is -0.467 e. The summed E-state index contributed by atoms with van der Waals surface area (Å²) >= 11 is 0. The van der Waals surface area contributed by atoms with E-state index in [1.54, 1.807) is 27.0 Å². The number of urea groups is 1. The van der Waals surface area contributed by atoms with Crippen LogP contribution in [0.2, 0.25) is 0 Å². The number of carbonyl (C=O) groups excluding carboxylic acids is 5. The molecular formula is C38H54N6O6. The molecule has 3 aromatic rings.